The summed E-state index contributed by atoms with van der Waals surface area (Å²) >= 11 is 0. The molecule has 1 atom stereocenters. The van der Waals surface area contributed by atoms with Crippen molar-refractivity contribution in [2.45, 2.75) is 38.8 Å². The summed E-state index contributed by atoms with van der Waals surface area (Å²) in [5, 5.41) is 0. The Morgan fingerprint density at radius 2 is 1.63 bits per heavy atom. The number of benzene rings is 2. The van der Waals surface area contributed by atoms with Gasteiger partial charge in [0.2, 0.25) is 0 Å². The molecule has 2 aromatic carbocycles. The normalized spacial score (nSPS) is 19.7. The molecule has 4 rings (SSSR count). The molecule has 0 saturated carbocycles. The van der Waals surface area contributed by atoms with E-state index in [0.29, 0.717) is 24.0 Å². The second-order valence-electron chi connectivity index (χ2n) is 8.61. The maximum Gasteiger partial charge on any atom is 0.166 e. The fraction of sp³-hybridized carbons (Fsp3) is 0.480. The standard InChI is InChI=1S/C25H32N2O3/c1-29-23-13-20-12-21(25(28)22(20)14-24(23)30-2)11-17-7-9-27(10-8-17)16-19-5-3-18(15-26)4-6-19/h3-6,13-14,17,21H,7-12,15-16,26H2,1-2H3. The minimum Gasteiger partial charge on any atom is -0.493 e. The van der Waals surface area contributed by atoms with Crippen LogP contribution in [0, 0.1) is 11.8 Å². The van der Waals surface area contributed by atoms with E-state index in [1.54, 1.807) is 14.2 Å². The highest BCUT2D eigenvalue weighted by molar-refractivity contribution is 6.02. The second-order valence-corrected chi connectivity index (χ2v) is 8.61. The molecule has 1 heterocycles. The Bertz CT molecular complexity index is 886. The van der Waals surface area contributed by atoms with Gasteiger partial charge in [0.25, 0.3) is 0 Å². The number of fused-ring (bicyclic) bond motifs is 1. The van der Waals surface area contributed by atoms with Crippen LogP contribution in [0.15, 0.2) is 36.4 Å². The number of methoxy groups -OCH3 is 2. The molecule has 0 bridgehead atoms. The van der Waals surface area contributed by atoms with Crippen LogP contribution in [-0.2, 0) is 19.5 Å². The van der Waals surface area contributed by atoms with Crippen LogP contribution in [0.4, 0.5) is 0 Å². The summed E-state index contributed by atoms with van der Waals surface area (Å²) in [6.07, 6.45) is 4.13. The number of rotatable bonds is 7. The summed E-state index contributed by atoms with van der Waals surface area (Å²) in [6, 6.07) is 12.4. The molecule has 0 aromatic heterocycles. The molecule has 30 heavy (non-hydrogen) atoms. The fourth-order valence-electron chi connectivity index (χ4n) is 4.91. The first-order valence-electron chi connectivity index (χ1n) is 10.9. The van der Waals surface area contributed by atoms with Gasteiger partial charge in [-0.05, 0) is 73.5 Å². The molecule has 2 aromatic rings. The lowest BCUT2D eigenvalue weighted by molar-refractivity contribution is 0.0895. The molecule has 1 saturated heterocycles. The predicted molar refractivity (Wildman–Crippen MR) is 118 cm³/mol. The van der Waals surface area contributed by atoms with E-state index in [4.69, 9.17) is 15.2 Å². The van der Waals surface area contributed by atoms with Crippen molar-refractivity contribution < 1.29 is 14.3 Å². The molecule has 160 valence electrons. The summed E-state index contributed by atoms with van der Waals surface area (Å²) in [5.74, 6) is 2.33. The topological polar surface area (TPSA) is 64.8 Å². The minimum atomic E-state index is 0.0946. The summed E-state index contributed by atoms with van der Waals surface area (Å²) in [5.41, 5.74) is 10.1. The number of hydrogen-bond donors (Lipinski definition) is 1. The van der Waals surface area contributed by atoms with Gasteiger partial charge in [0.15, 0.2) is 17.3 Å². The molecule has 0 amide bonds. The Morgan fingerprint density at radius 1 is 1.00 bits per heavy atom. The van der Waals surface area contributed by atoms with Crippen LogP contribution in [0.5, 0.6) is 11.5 Å². The van der Waals surface area contributed by atoms with Crippen LogP contribution in [-0.4, -0.2) is 38.0 Å². The molecule has 1 fully saturated rings. The number of nitrogens with zero attached hydrogens (tertiary/aromatic N) is 1. The molecule has 0 radical (unpaired) electrons. The Labute approximate surface area is 179 Å². The number of nitrogens with two attached hydrogens (primary N) is 1. The van der Waals surface area contributed by atoms with Crippen LogP contribution >= 0.6 is 0 Å². The van der Waals surface area contributed by atoms with Crippen molar-refractivity contribution in [1.82, 2.24) is 4.90 Å². The third-order valence-corrected chi connectivity index (χ3v) is 6.70. The van der Waals surface area contributed by atoms with Crippen molar-refractivity contribution in [3.8, 4) is 11.5 Å². The highest BCUT2D eigenvalue weighted by Gasteiger charge is 2.34. The van der Waals surface area contributed by atoms with E-state index in [1.165, 1.54) is 11.1 Å². The van der Waals surface area contributed by atoms with Gasteiger partial charge >= 0.3 is 0 Å². The van der Waals surface area contributed by atoms with E-state index < -0.39 is 0 Å². The molecule has 1 aliphatic heterocycles. The Kier molecular flexibility index (Phi) is 6.40. The Morgan fingerprint density at radius 3 is 2.27 bits per heavy atom. The Hall–Kier alpha value is -2.37. The van der Waals surface area contributed by atoms with Crippen LogP contribution in [0.25, 0.3) is 0 Å². The van der Waals surface area contributed by atoms with Crippen LogP contribution in [0.2, 0.25) is 0 Å². The maximum absolute atomic E-state index is 13.0. The van der Waals surface area contributed by atoms with Gasteiger partial charge in [0.1, 0.15) is 0 Å². The van der Waals surface area contributed by atoms with E-state index in [2.05, 4.69) is 29.2 Å². The molecule has 1 unspecified atom stereocenters. The summed E-state index contributed by atoms with van der Waals surface area (Å²) in [7, 11) is 3.25. The Balaban J connectivity index is 1.31. The lowest BCUT2D eigenvalue weighted by Gasteiger charge is -2.33. The van der Waals surface area contributed by atoms with Gasteiger partial charge in [-0.3, -0.25) is 9.69 Å². The van der Waals surface area contributed by atoms with Crippen molar-refractivity contribution >= 4 is 5.78 Å². The molecule has 1 aliphatic carbocycles. The van der Waals surface area contributed by atoms with Crippen molar-refractivity contribution in [2.75, 3.05) is 27.3 Å². The summed E-state index contributed by atoms with van der Waals surface area (Å²) < 4.78 is 10.8. The van der Waals surface area contributed by atoms with E-state index in [9.17, 15) is 4.79 Å². The van der Waals surface area contributed by atoms with Gasteiger partial charge in [0.05, 0.1) is 14.2 Å². The van der Waals surface area contributed by atoms with E-state index in [1.807, 2.05) is 12.1 Å². The minimum absolute atomic E-state index is 0.0946. The zero-order chi connectivity index (χ0) is 21.1. The van der Waals surface area contributed by atoms with E-state index in [-0.39, 0.29) is 11.7 Å². The van der Waals surface area contributed by atoms with Crippen molar-refractivity contribution in [3.05, 3.63) is 58.7 Å². The van der Waals surface area contributed by atoms with Gasteiger partial charge in [-0.15, -0.1) is 0 Å². The van der Waals surface area contributed by atoms with Crippen molar-refractivity contribution in [2.24, 2.45) is 17.6 Å². The highest BCUT2D eigenvalue weighted by Crippen LogP contribution is 2.39. The van der Waals surface area contributed by atoms with E-state index in [0.717, 1.165) is 56.4 Å². The van der Waals surface area contributed by atoms with Crippen LogP contribution in [0.1, 0.15) is 46.3 Å². The number of piperidine rings is 1. The van der Waals surface area contributed by atoms with Gasteiger partial charge in [-0.2, -0.15) is 0 Å². The monoisotopic (exact) mass is 408 g/mol. The maximum atomic E-state index is 13.0. The SMILES string of the molecule is COc1cc2c(cc1OC)C(=O)C(CC1CCN(Cc3ccc(CN)cc3)CC1)C2. The third kappa shape index (κ3) is 4.37. The summed E-state index contributed by atoms with van der Waals surface area (Å²) in [6.45, 7) is 3.78. The fourth-order valence-corrected chi connectivity index (χ4v) is 4.91. The number of ketones is 1. The van der Waals surface area contributed by atoms with Gasteiger partial charge in [-0.25, -0.2) is 0 Å². The number of Topliss-reactive ketones (excluding diaryl/α,β-unsaturated/α-hetero) is 1. The van der Waals surface area contributed by atoms with Crippen molar-refractivity contribution in [3.63, 3.8) is 0 Å². The number of carbonyl (C=O) groups is 1. The first-order valence-corrected chi connectivity index (χ1v) is 10.9. The largest absolute Gasteiger partial charge is 0.493 e. The first kappa shape index (κ1) is 20.9. The number of carbonyl (C=O) groups excluding carboxylic acids is 1. The lowest BCUT2D eigenvalue weighted by Crippen LogP contribution is -2.34. The molecule has 2 N–H and O–H groups in total. The number of hydrogen-bond acceptors (Lipinski definition) is 5. The lowest BCUT2D eigenvalue weighted by atomic mass is 9.85. The average molecular weight is 409 g/mol. The van der Waals surface area contributed by atoms with Gasteiger partial charge in [0, 0.05) is 24.6 Å². The molecule has 0 spiro atoms. The molecular weight excluding hydrogens is 376 g/mol. The third-order valence-electron chi connectivity index (χ3n) is 6.70. The zero-order valence-electron chi connectivity index (χ0n) is 18.0. The zero-order valence-corrected chi connectivity index (χ0v) is 18.0. The predicted octanol–water partition coefficient (Wildman–Crippen LogP) is 3.82. The average Bonchev–Trinajstić information content (AvgIpc) is 3.08. The molecule has 5 heteroatoms. The smallest absolute Gasteiger partial charge is 0.166 e. The van der Waals surface area contributed by atoms with Crippen molar-refractivity contribution in [1.29, 1.82) is 0 Å². The highest BCUT2D eigenvalue weighted by atomic mass is 16.5. The van der Waals surface area contributed by atoms with Crippen LogP contribution < -0.4 is 15.2 Å². The quantitative estimate of drug-likeness (QED) is 0.755. The van der Waals surface area contributed by atoms with E-state index >= 15 is 0 Å². The molecular formula is C25H32N2O3. The van der Waals surface area contributed by atoms with Gasteiger partial charge < -0.3 is 15.2 Å². The molecule has 5 nitrogen and oxygen atoms in total. The van der Waals surface area contributed by atoms with Gasteiger partial charge in [-0.1, -0.05) is 24.3 Å². The summed E-state index contributed by atoms with van der Waals surface area (Å²) in [4.78, 5) is 15.5. The first-order chi connectivity index (χ1) is 14.6. The number of ether oxygens (including phenoxy) is 2. The number of likely N-dealkylation sites (tertiary alicyclic amines) is 1. The molecule has 2 aliphatic rings. The van der Waals surface area contributed by atoms with Crippen LogP contribution in [0.3, 0.4) is 0 Å². The second kappa shape index (κ2) is 9.19.